The molecule has 0 bridgehead atoms. The molecule has 0 spiro atoms. The number of nitrogens with zero attached hydrogens (tertiary/aromatic N) is 3. The van der Waals surface area contributed by atoms with E-state index in [-0.39, 0.29) is 29.8 Å². The van der Waals surface area contributed by atoms with Gasteiger partial charge in [0.1, 0.15) is 21.9 Å². The number of hydrazine groups is 1. The van der Waals surface area contributed by atoms with Crippen molar-refractivity contribution in [3.8, 4) is 0 Å². The van der Waals surface area contributed by atoms with Crippen LogP contribution >= 0.6 is 11.3 Å². The molecule has 0 radical (unpaired) electrons. The number of aromatic nitrogens is 2. The first-order valence-electron chi connectivity index (χ1n) is 12.0. The molecule has 1 aromatic carbocycles. The van der Waals surface area contributed by atoms with Crippen LogP contribution in [-0.4, -0.2) is 55.9 Å². The maximum Gasteiger partial charge on any atom is 0.405 e. The second kappa shape index (κ2) is 11.4. The van der Waals surface area contributed by atoms with Crippen LogP contribution in [0, 0.1) is 6.92 Å². The molecule has 0 saturated carbocycles. The minimum absolute atomic E-state index is 0.0553. The maximum absolute atomic E-state index is 13.3. The number of hydrogen-bond donors (Lipinski definition) is 4. The Balaban J connectivity index is 1.43. The van der Waals surface area contributed by atoms with Crippen LogP contribution in [0.2, 0.25) is 0 Å². The van der Waals surface area contributed by atoms with Gasteiger partial charge in [-0.2, -0.15) is 0 Å². The summed E-state index contributed by atoms with van der Waals surface area (Å²) in [6.45, 7) is 3.89. The molecule has 1 aliphatic heterocycles. The molecule has 4 N–H and O–H groups in total. The third kappa shape index (κ3) is 6.14. The molecule has 2 aromatic heterocycles. The molecule has 4 rings (SSSR count). The molecule has 2 atom stereocenters. The molecule has 1 aliphatic rings. The van der Waals surface area contributed by atoms with Gasteiger partial charge in [0.2, 0.25) is 0 Å². The normalized spacial score (nSPS) is 16.4. The molecule has 11 nitrogen and oxygen atoms in total. The zero-order valence-corrected chi connectivity index (χ0v) is 21.7. The van der Waals surface area contributed by atoms with Crippen molar-refractivity contribution in [2.24, 2.45) is 0 Å². The van der Waals surface area contributed by atoms with E-state index in [2.05, 4.69) is 26.1 Å². The molecular weight excluding hydrogens is 508 g/mol. The van der Waals surface area contributed by atoms with Crippen molar-refractivity contribution >= 4 is 35.2 Å². The van der Waals surface area contributed by atoms with E-state index in [0.717, 1.165) is 29.1 Å². The summed E-state index contributed by atoms with van der Waals surface area (Å²) in [4.78, 5) is 60.8. The number of nitrogens with one attached hydrogen (secondary N) is 3. The SMILES string of the molecule is Cc1csc([C@H]2CCCN2C(=O)c2cccc(C(=O)NNC(=O)[C@@](C)(Cc3ccccc3)NC(=O)O)n2)n1. The molecule has 0 unspecified atom stereocenters. The number of aryl methyl sites for hydroxylation is 1. The van der Waals surface area contributed by atoms with Crippen LogP contribution in [0.5, 0.6) is 0 Å². The monoisotopic (exact) mass is 536 g/mol. The van der Waals surface area contributed by atoms with Crippen LogP contribution in [0.4, 0.5) is 4.79 Å². The van der Waals surface area contributed by atoms with Crippen molar-refractivity contribution in [2.75, 3.05) is 6.54 Å². The molecule has 4 amide bonds. The summed E-state index contributed by atoms with van der Waals surface area (Å²) in [5.41, 5.74) is 4.64. The van der Waals surface area contributed by atoms with E-state index in [9.17, 15) is 24.3 Å². The van der Waals surface area contributed by atoms with Crippen molar-refractivity contribution in [1.29, 1.82) is 0 Å². The second-order valence-electron chi connectivity index (χ2n) is 9.22. The van der Waals surface area contributed by atoms with E-state index in [1.165, 1.54) is 30.4 Å². The highest BCUT2D eigenvalue weighted by atomic mass is 32.1. The molecule has 38 heavy (non-hydrogen) atoms. The van der Waals surface area contributed by atoms with Gasteiger partial charge in [0.15, 0.2) is 0 Å². The summed E-state index contributed by atoms with van der Waals surface area (Å²) in [6.07, 6.45) is 0.315. The molecular formula is C26H28N6O5S. The summed E-state index contributed by atoms with van der Waals surface area (Å²) in [5, 5.41) is 14.3. The van der Waals surface area contributed by atoms with Gasteiger partial charge in [0.05, 0.1) is 6.04 Å². The van der Waals surface area contributed by atoms with Gasteiger partial charge in [0, 0.05) is 24.0 Å². The van der Waals surface area contributed by atoms with Gasteiger partial charge in [-0.15, -0.1) is 11.3 Å². The molecule has 1 saturated heterocycles. The summed E-state index contributed by atoms with van der Waals surface area (Å²) in [6, 6.07) is 13.3. The van der Waals surface area contributed by atoms with Crippen LogP contribution in [0.3, 0.4) is 0 Å². The lowest BCUT2D eigenvalue weighted by molar-refractivity contribution is -0.127. The Morgan fingerprint density at radius 2 is 1.79 bits per heavy atom. The Morgan fingerprint density at radius 3 is 2.47 bits per heavy atom. The molecule has 12 heteroatoms. The number of likely N-dealkylation sites (tertiary alicyclic amines) is 1. The van der Waals surface area contributed by atoms with Gasteiger partial charge in [-0.05, 0) is 44.4 Å². The number of amides is 4. The summed E-state index contributed by atoms with van der Waals surface area (Å²) < 4.78 is 0. The van der Waals surface area contributed by atoms with Gasteiger partial charge >= 0.3 is 6.09 Å². The predicted molar refractivity (Wildman–Crippen MR) is 139 cm³/mol. The number of carbonyl (C=O) groups is 4. The number of rotatable bonds is 7. The lowest BCUT2D eigenvalue weighted by Gasteiger charge is -2.28. The minimum Gasteiger partial charge on any atom is -0.465 e. The van der Waals surface area contributed by atoms with Crippen LogP contribution < -0.4 is 16.2 Å². The molecule has 0 aliphatic carbocycles. The Morgan fingerprint density at radius 1 is 1.05 bits per heavy atom. The third-order valence-corrected chi connectivity index (χ3v) is 7.27. The number of thiazole rings is 1. The molecule has 1 fully saturated rings. The minimum atomic E-state index is -1.56. The number of hydrogen-bond acceptors (Lipinski definition) is 7. The Bertz CT molecular complexity index is 1350. The van der Waals surface area contributed by atoms with Crippen LogP contribution in [0.25, 0.3) is 0 Å². The fourth-order valence-electron chi connectivity index (χ4n) is 4.36. The van der Waals surface area contributed by atoms with E-state index < -0.39 is 23.4 Å². The van der Waals surface area contributed by atoms with E-state index in [1.54, 1.807) is 35.2 Å². The summed E-state index contributed by atoms with van der Waals surface area (Å²) in [5.74, 6) is -1.82. The predicted octanol–water partition coefficient (Wildman–Crippen LogP) is 2.85. The highest BCUT2D eigenvalue weighted by molar-refractivity contribution is 7.09. The van der Waals surface area contributed by atoms with Gasteiger partial charge in [-0.1, -0.05) is 36.4 Å². The van der Waals surface area contributed by atoms with Crippen LogP contribution in [-0.2, 0) is 11.2 Å². The van der Waals surface area contributed by atoms with E-state index in [0.29, 0.717) is 6.54 Å². The molecule has 3 heterocycles. The number of pyridine rings is 1. The largest absolute Gasteiger partial charge is 0.465 e. The standard InChI is InChI=1S/C26H28N6O5S/c1-16-15-38-22(27-16)20-12-7-13-32(20)23(34)19-11-6-10-18(28-19)21(33)30-31-24(35)26(2,29-25(36)37)14-17-8-4-3-5-9-17/h3-6,8-11,15,20,29H,7,12-14H2,1-2H3,(H,30,33)(H,31,35)(H,36,37)/t20-,26-/m1/s1. The van der Waals surface area contributed by atoms with Gasteiger partial charge in [-0.25, -0.2) is 14.8 Å². The lowest BCUT2D eigenvalue weighted by Crippen LogP contribution is -2.61. The summed E-state index contributed by atoms with van der Waals surface area (Å²) in [7, 11) is 0. The second-order valence-corrected chi connectivity index (χ2v) is 10.1. The highest BCUT2D eigenvalue weighted by Gasteiger charge is 2.36. The maximum atomic E-state index is 13.3. The average Bonchev–Trinajstić information content (AvgIpc) is 3.55. The van der Waals surface area contributed by atoms with Crippen LogP contribution in [0.15, 0.2) is 53.9 Å². The summed E-state index contributed by atoms with van der Waals surface area (Å²) >= 11 is 1.51. The van der Waals surface area contributed by atoms with Gasteiger partial charge < -0.3 is 15.3 Å². The van der Waals surface area contributed by atoms with Gasteiger partial charge in [-0.3, -0.25) is 25.2 Å². The van der Waals surface area contributed by atoms with Gasteiger partial charge in [0.25, 0.3) is 17.7 Å². The first kappa shape index (κ1) is 26.7. The lowest BCUT2D eigenvalue weighted by atomic mass is 9.92. The Hall–Kier alpha value is -4.32. The zero-order valence-electron chi connectivity index (χ0n) is 20.9. The first-order valence-corrected chi connectivity index (χ1v) is 12.9. The van der Waals surface area contributed by atoms with Crippen LogP contribution in [0.1, 0.15) is 63.0 Å². The smallest absolute Gasteiger partial charge is 0.405 e. The number of benzene rings is 1. The first-order chi connectivity index (χ1) is 18.2. The number of carbonyl (C=O) groups excluding carboxylic acids is 3. The quantitative estimate of drug-likeness (QED) is 0.339. The topological polar surface area (TPSA) is 154 Å². The van der Waals surface area contributed by atoms with Crippen molar-refractivity contribution in [2.45, 2.75) is 44.7 Å². The number of carboxylic acid groups (broad SMARTS) is 1. The van der Waals surface area contributed by atoms with Crippen molar-refractivity contribution in [3.05, 3.63) is 81.6 Å². The molecule has 198 valence electrons. The fourth-order valence-corrected chi connectivity index (χ4v) is 5.30. The van der Waals surface area contributed by atoms with E-state index in [4.69, 9.17) is 0 Å². The average molecular weight is 537 g/mol. The van der Waals surface area contributed by atoms with Crippen molar-refractivity contribution < 1.29 is 24.3 Å². The van der Waals surface area contributed by atoms with Crippen molar-refractivity contribution in [3.63, 3.8) is 0 Å². The fraction of sp³-hybridized carbons (Fsp3) is 0.308. The molecule has 3 aromatic rings. The Kier molecular flexibility index (Phi) is 8.01. The van der Waals surface area contributed by atoms with E-state index in [1.807, 2.05) is 18.4 Å². The highest BCUT2D eigenvalue weighted by Crippen LogP contribution is 2.34. The Labute approximate surface area is 223 Å². The zero-order chi connectivity index (χ0) is 27.3. The van der Waals surface area contributed by atoms with Crippen molar-refractivity contribution in [1.82, 2.24) is 31.0 Å². The third-order valence-electron chi connectivity index (χ3n) is 6.21. The van der Waals surface area contributed by atoms with E-state index >= 15 is 0 Å².